The molecule has 0 aromatic carbocycles. The molecule has 4 heteroatoms. The van der Waals surface area contributed by atoms with Crippen LogP contribution in [0, 0.1) is 0 Å². The van der Waals surface area contributed by atoms with Gasteiger partial charge in [-0.1, -0.05) is 20.8 Å². The molecule has 0 bridgehead atoms. The van der Waals surface area contributed by atoms with Gasteiger partial charge in [-0.05, 0) is 12.5 Å². The molecule has 0 unspecified atom stereocenters. The van der Waals surface area contributed by atoms with Gasteiger partial charge < -0.3 is 4.57 Å². The fourth-order valence-electron chi connectivity index (χ4n) is 1.92. The maximum atomic E-state index is 11.8. The fourth-order valence-corrected chi connectivity index (χ4v) is 2.75. The number of rotatable bonds is 6. The number of hydrogen-bond donors (Lipinski definition) is 0. The largest absolute Gasteiger partial charge is 0.348 e. The second-order valence-electron chi connectivity index (χ2n) is 5.08. The number of nitrogens with zero attached hydrogens (tertiary/aromatic N) is 2. The van der Waals surface area contributed by atoms with E-state index in [1.807, 2.05) is 30.0 Å². The van der Waals surface area contributed by atoms with Crippen molar-refractivity contribution < 1.29 is 4.79 Å². The number of Topliss-reactive ketones (excluding diaryl/α,β-unsaturated/α-hetero) is 1. The van der Waals surface area contributed by atoms with Crippen LogP contribution in [0.1, 0.15) is 60.6 Å². The third-order valence-corrected chi connectivity index (χ3v) is 4.15. The molecular weight excluding hydrogens is 256 g/mol. The minimum atomic E-state index is 0.224. The fraction of sp³-hybridized carbons (Fsp3) is 0.467. The first-order chi connectivity index (χ1) is 9.10. The van der Waals surface area contributed by atoms with Crippen molar-refractivity contribution in [3.05, 3.63) is 40.1 Å². The summed E-state index contributed by atoms with van der Waals surface area (Å²) in [6, 6.07) is 1.90. The minimum Gasteiger partial charge on any atom is -0.348 e. The molecule has 0 radical (unpaired) electrons. The molecule has 0 fully saturated rings. The first-order valence-corrected chi connectivity index (χ1v) is 7.61. The van der Waals surface area contributed by atoms with Gasteiger partial charge in [0.15, 0.2) is 5.78 Å². The molecule has 2 aromatic rings. The van der Waals surface area contributed by atoms with Gasteiger partial charge in [-0.25, -0.2) is 4.98 Å². The van der Waals surface area contributed by atoms with E-state index in [2.05, 4.69) is 24.2 Å². The molecule has 102 valence electrons. The van der Waals surface area contributed by atoms with Crippen LogP contribution in [0.15, 0.2) is 23.8 Å². The summed E-state index contributed by atoms with van der Waals surface area (Å²) in [6.45, 7) is 7.07. The number of hydrogen-bond acceptors (Lipinski definition) is 3. The van der Waals surface area contributed by atoms with E-state index in [1.54, 1.807) is 11.3 Å². The van der Waals surface area contributed by atoms with Gasteiger partial charge in [0.2, 0.25) is 0 Å². The lowest BCUT2D eigenvalue weighted by atomic mass is 10.1. The van der Waals surface area contributed by atoms with Gasteiger partial charge in [-0.3, -0.25) is 4.79 Å². The van der Waals surface area contributed by atoms with E-state index in [-0.39, 0.29) is 5.78 Å². The van der Waals surface area contributed by atoms with Gasteiger partial charge in [0, 0.05) is 35.7 Å². The van der Waals surface area contributed by atoms with Crippen molar-refractivity contribution in [3.8, 4) is 0 Å². The van der Waals surface area contributed by atoms with Gasteiger partial charge in [-0.15, -0.1) is 11.3 Å². The summed E-state index contributed by atoms with van der Waals surface area (Å²) in [5.74, 6) is 0.701. The van der Waals surface area contributed by atoms with Crippen molar-refractivity contribution in [2.45, 2.75) is 46.1 Å². The highest BCUT2D eigenvalue weighted by Crippen LogP contribution is 2.20. The number of thiazole rings is 1. The molecule has 0 atom stereocenters. The molecule has 0 aliphatic heterocycles. The van der Waals surface area contributed by atoms with Crippen LogP contribution >= 0.6 is 11.3 Å². The van der Waals surface area contributed by atoms with Crippen molar-refractivity contribution in [1.82, 2.24) is 9.55 Å². The Morgan fingerprint density at radius 2 is 2.26 bits per heavy atom. The molecule has 0 aliphatic carbocycles. The highest BCUT2D eigenvalue weighted by molar-refractivity contribution is 7.09. The molecule has 0 saturated carbocycles. The van der Waals surface area contributed by atoms with Crippen LogP contribution in [0.25, 0.3) is 0 Å². The number of aromatic nitrogens is 2. The zero-order valence-corrected chi connectivity index (χ0v) is 12.5. The van der Waals surface area contributed by atoms with Gasteiger partial charge in [0.25, 0.3) is 0 Å². The van der Waals surface area contributed by atoms with Crippen LogP contribution in [-0.2, 0) is 6.54 Å². The van der Waals surface area contributed by atoms with Crippen molar-refractivity contribution >= 4 is 17.1 Å². The van der Waals surface area contributed by atoms with Crippen LogP contribution in [0.3, 0.4) is 0 Å². The molecule has 2 heterocycles. The Bertz CT molecular complexity index is 554. The highest BCUT2D eigenvalue weighted by atomic mass is 32.1. The molecule has 0 saturated heterocycles. The third kappa shape index (κ3) is 3.53. The lowest BCUT2D eigenvalue weighted by Gasteiger charge is -2.00. The molecule has 0 N–H and O–H groups in total. The molecule has 0 spiro atoms. The first kappa shape index (κ1) is 14.0. The quantitative estimate of drug-likeness (QED) is 0.744. The summed E-state index contributed by atoms with van der Waals surface area (Å²) in [6.07, 6.45) is 5.40. The smallest absolute Gasteiger partial charge is 0.164 e. The van der Waals surface area contributed by atoms with Crippen molar-refractivity contribution in [1.29, 1.82) is 0 Å². The van der Waals surface area contributed by atoms with Crippen molar-refractivity contribution in [2.75, 3.05) is 0 Å². The van der Waals surface area contributed by atoms with E-state index in [9.17, 15) is 4.79 Å². The molecule has 0 amide bonds. The van der Waals surface area contributed by atoms with E-state index in [4.69, 9.17) is 0 Å². The van der Waals surface area contributed by atoms with Gasteiger partial charge in [0.1, 0.15) is 0 Å². The first-order valence-electron chi connectivity index (χ1n) is 6.73. The van der Waals surface area contributed by atoms with Crippen LogP contribution in [-0.4, -0.2) is 15.3 Å². The summed E-state index contributed by atoms with van der Waals surface area (Å²) in [5.41, 5.74) is 1.87. The summed E-state index contributed by atoms with van der Waals surface area (Å²) in [7, 11) is 0. The molecule has 19 heavy (non-hydrogen) atoms. The highest BCUT2D eigenvalue weighted by Gasteiger charge is 2.09. The molecule has 0 aliphatic rings. The zero-order chi connectivity index (χ0) is 13.8. The topological polar surface area (TPSA) is 34.9 Å². The maximum absolute atomic E-state index is 11.8. The Morgan fingerprint density at radius 3 is 2.89 bits per heavy atom. The monoisotopic (exact) mass is 276 g/mol. The second kappa shape index (κ2) is 6.15. The molecule has 2 aromatic heterocycles. The second-order valence-corrected chi connectivity index (χ2v) is 5.97. The summed E-state index contributed by atoms with van der Waals surface area (Å²) in [5, 5.41) is 3.27. The van der Waals surface area contributed by atoms with E-state index in [0.717, 1.165) is 24.2 Å². The molecule has 2 rings (SSSR count). The summed E-state index contributed by atoms with van der Waals surface area (Å²) in [4.78, 5) is 16.4. The third-order valence-electron chi connectivity index (χ3n) is 2.96. The lowest BCUT2D eigenvalue weighted by Crippen LogP contribution is -1.99. The standard InChI is InChI=1S/C15H20N2OS/c1-4-5-14(18)12-6-7-17(8-12)9-13-10-19-15(16-13)11(2)3/h6-8,10-11H,4-5,9H2,1-3H3. The SMILES string of the molecule is CCCC(=O)c1ccn(Cc2csc(C(C)C)n2)c1. The Hall–Kier alpha value is -1.42. The van der Waals surface area contributed by atoms with E-state index < -0.39 is 0 Å². The number of carbonyl (C=O) groups excluding carboxylic acids is 1. The van der Waals surface area contributed by atoms with Crippen LogP contribution < -0.4 is 0 Å². The van der Waals surface area contributed by atoms with Gasteiger partial charge in [-0.2, -0.15) is 0 Å². The van der Waals surface area contributed by atoms with Crippen molar-refractivity contribution in [3.63, 3.8) is 0 Å². The Balaban J connectivity index is 2.04. The van der Waals surface area contributed by atoms with Crippen LogP contribution in [0.4, 0.5) is 0 Å². The normalized spacial score (nSPS) is 11.2. The Labute approximate surface area is 118 Å². The Kier molecular flexibility index (Phi) is 4.53. The van der Waals surface area contributed by atoms with Gasteiger partial charge >= 0.3 is 0 Å². The number of carbonyl (C=O) groups is 1. The summed E-state index contributed by atoms with van der Waals surface area (Å²) >= 11 is 1.71. The summed E-state index contributed by atoms with van der Waals surface area (Å²) < 4.78 is 2.03. The lowest BCUT2D eigenvalue weighted by molar-refractivity contribution is 0.0981. The predicted molar refractivity (Wildman–Crippen MR) is 79.0 cm³/mol. The Morgan fingerprint density at radius 1 is 1.47 bits per heavy atom. The van der Waals surface area contributed by atoms with E-state index in [1.165, 1.54) is 5.01 Å². The average Bonchev–Trinajstić information content (AvgIpc) is 2.99. The average molecular weight is 276 g/mol. The minimum absolute atomic E-state index is 0.224. The zero-order valence-electron chi connectivity index (χ0n) is 11.7. The van der Waals surface area contributed by atoms with Gasteiger partial charge in [0.05, 0.1) is 17.2 Å². The van der Waals surface area contributed by atoms with Crippen LogP contribution in [0.5, 0.6) is 0 Å². The van der Waals surface area contributed by atoms with Crippen LogP contribution in [0.2, 0.25) is 0 Å². The number of ketones is 1. The van der Waals surface area contributed by atoms with E-state index >= 15 is 0 Å². The predicted octanol–water partition coefficient (Wildman–Crippen LogP) is 4.10. The molecule has 3 nitrogen and oxygen atoms in total. The van der Waals surface area contributed by atoms with Crippen molar-refractivity contribution in [2.24, 2.45) is 0 Å². The molecular formula is C15H20N2OS. The van der Waals surface area contributed by atoms with E-state index in [0.29, 0.717) is 12.3 Å². The maximum Gasteiger partial charge on any atom is 0.164 e.